The summed E-state index contributed by atoms with van der Waals surface area (Å²) in [5, 5.41) is 3.66. The fourth-order valence-electron chi connectivity index (χ4n) is 1.86. The molecule has 1 aliphatic rings. The molecule has 0 aliphatic carbocycles. The second-order valence-corrected chi connectivity index (χ2v) is 5.98. The summed E-state index contributed by atoms with van der Waals surface area (Å²) < 4.78 is 12.1. The highest BCUT2D eigenvalue weighted by Crippen LogP contribution is 2.35. The van der Waals surface area contributed by atoms with E-state index in [1.54, 1.807) is 20.1 Å². The molecule has 0 aromatic heterocycles. The van der Waals surface area contributed by atoms with Crippen LogP contribution in [0.3, 0.4) is 0 Å². The predicted molar refractivity (Wildman–Crippen MR) is 88.7 cm³/mol. The van der Waals surface area contributed by atoms with Crippen molar-refractivity contribution in [1.82, 2.24) is 0 Å². The minimum Gasteiger partial charge on any atom is -0.493 e. The molecule has 0 radical (unpaired) electrons. The fraction of sp³-hybridized carbons (Fsp3) is 0.333. The molecule has 0 spiro atoms. The number of hydrogen-bond acceptors (Lipinski definition) is 5. The Hall–Kier alpha value is -1.57. The number of carbonyl (C=O) groups excluding carboxylic acids is 1. The van der Waals surface area contributed by atoms with E-state index in [1.807, 2.05) is 26.0 Å². The molecule has 1 aromatic rings. The van der Waals surface area contributed by atoms with E-state index in [-0.39, 0.29) is 6.10 Å². The number of ether oxygens (including phenoxy) is 2. The first kappa shape index (κ1) is 15.8. The van der Waals surface area contributed by atoms with Crippen LogP contribution in [0.2, 0.25) is 0 Å². The van der Waals surface area contributed by atoms with Gasteiger partial charge in [0.1, 0.15) is 0 Å². The third-order valence-corrected chi connectivity index (χ3v) is 3.59. The first-order valence-electron chi connectivity index (χ1n) is 6.44. The SMILES string of the molecule is COc1cc(/C=C2\C(=O)ON=C2C)cc(I)c1OC(C)C. The third kappa shape index (κ3) is 3.55. The van der Waals surface area contributed by atoms with E-state index in [4.69, 9.17) is 9.47 Å². The minimum absolute atomic E-state index is 0.0517. The Kier molecular flexibility index (Phi) is 4.87. The maximum Gasteiger partial charge on any atom is 0.367 e. The second-order valence-electron chi connectivity index (χ2n) is 4.81. The summed E-state index contributed by atoms with van der Waals surface area (Å²) in [7, 11) is 1.59. The predicted octanol–water partition coefficient (Wildman–Crippen LogP) is 3.40. The van der Waals surface area contributed by atoms with Crippen LogP contribution in [0.5, 0.6) is 11.5 Å². The lowest BCUT2D eigenvalue weighted by molar-refractivity contribution is -0.136. The topological polar surface area (TPSA) is 57.1 Å². The molecule has 0 fully saturated rings. The average molecular weight is 401 g/mol. The van der Waals surface area contributed by atoms with Crippen molar-refractivity contribution in [3.63, 3.8) is 0 Å². The molecule has 0 saturated heterocycles. The molecule has 0 bridgehead atoms. The summed E-state index contributed by atoms with van der Waals surface area (Å²) >= 11 is 2.18. The minimum atomic E-state index is -0.441. The molecule has 0 atom stereocenters. The summed E-state index contributed by atoms with van der Waals surface area (Å²) in [6, 6.07) is 3.75. The zero-order valence-electron chi connectivity index (χ0n) is 12.3. The molecule has 0 amide bonds. The highest BCUT2D eigenvalue weighted by molar-refractivity contribution is 14.1. The number of benzene rings is 1. The molecule has 2 rings (SSSR count). The van der Waals surface area contributed by atoms with Crippen molar-refractivity contribution < 1.29 is 19.1 Å². The van der Waals surface area contributed by atoms with Crippen LogP contribution >= 0.6 is 22.6 Å². The van der Waals surface area contributed by atoms with Gasteiger partial charge in [-0.15, -0.1) is 0 Å². The Bertz CT molecular complexity index is 635. The number of methoxy groups -OCH3 is 1. The lowest BCUT2D eigenvalue weighted by Gasteiger charge is -2.16. The Morgan fingerprint density at radius 1 is 1.38 bits per heavy atom. The quantitative estimate of drug-likeness (QED) is 0.441. The molecule has 112 valence electrons. The average Bonchev–Trinajstić information content (AvgIpc) is 2.73. The van der Waals surface area contributed by atoms with Gasteiger partial charge in [-0.1, -0.05) is 5.16 Å². The van der Waals surface area contributed by atoms with Gasteiger partial charge in [-0.05, 0) is 67.1 Å². The smallest absolute Gasteiger partial charge is 0.367 e. The van der Waals surface area contributed by atoms with E-state index >= 15 is 0 Å². The molecule has 21 heavy (non-hydrogen) atoms. The molecule has 0 saturated carbocycles. The van der Waals surface area contributed by atoms with Gasteiger partial charge in [0.25, 0.3) is 0 Å². The molecule has 1 aromatic carbocycles. The lowest BCUT2D eigenvalue weighted by Crippen LogP contribution is -2.08. The Balaban J connectivity index is 2.43. The van der Waals surface area contributed by atoms with Gasteiger partial charge < -0.3 is 14.3 Å². The summed E-state index contributed by atoms with van der Waals surface area (Å²) in [6.45, 7) is 5.65. The van der Waals surface area contributed by atoms with Crippen LogP contribution in [0.1, 0.15) is 26.3 Å². The summed E-state index contributed by atoms with van der Waals surface area (Å²) in [6.07, 6.45) is 1.79. The molecule has 5 nitrogen and oxygen atoms in total. The van der Waals surface area contributed by atoms with E-state index < -0.39 is 5.97 Å². The summed E-state index contributed by atoms with van der Waals surface area (Å²) in [5.74, 6) is 0.891. The maximum atomic E-state index is 11.6. The maximum absolute atomic E-state index is 11.6. The zero-order valence-corrected chi connectivity index (χ0v) is 14.4. The highest BCUT2D eigenvalue weighted by atomic mass is 127. The molecular formula is C15H16INO4. The molecule has 6 heteroatoms. The number of carbonyl (C=O) groups is 1. The van der Waals surface area contributed by atoms with E-state index in [1.165, 1.54) is 0 Å². The van der Waals surface area contributed by atoms with Crippen LogP contribution in [0.4, 0.5) is 0 Å². The molecule has 1 heterocycles. The number of oxime groups is 1. The Morgan fingerprint density at radius 2 is 2.10 bits per heavy atom. The van der Waals surface area contributed by atoms with Gasteiger partial charge in [-0.2, -0.15) is 0 Å². The zero-order chi connectivity index (χ0) is 15.6. The van der Waals surface area contributed by atoms with Crippen LogP contribution in [-0.4, -0.2) is 24.9 Å². The first-order chi connectivity index (χ1) is 9.92. The largest absolute Gasteiger partial charge is 0.493 e. The standard InChI is InChI=1S/C15H16INO4/c1-8(2)20-14-12(16)6-10(7-13(14)19-4)5-11-9(3)17-21-15(11)18/h5-8H,1-4H3/b11-5-. The summed E-state index contributed by atoms with van der Waals surface area (Å²) in [4.78, 5) is 16.2. The number of rotatable bonds is 4. The van der Waals surface area contributed by atoms with Gasteiger partial charge >= 0.3 is 5.97 Å². The molecule has 0 N–H and O–H groups in total. The normalized spacial score (nSPS) is 16.2. The third-order valence-electron chi connectivity index (χ3n) is 2.79. The van der Waals surface area contributed by atoms with E-state index in [0.29, 0.717) is 22.8 Å². The van der Waals surface area contributed by atoms with Crippen molar-refractivity contribution in [2.45, 2.75) is 26.9 Å². The fourth-order valence-corrected chi connectivity index (χ4v) is 2.61. The van der Waals surface area contributed by atoms with Crippen LogP contribution in [0, 0.1) is 3.57 Å². The molecular weight excluding hydrogens is 385 g/mol. The van der Waals surface area contributed by atoms with E-state index in [2.05, 4.69) is 32.6 Å². The van der Waals surface area contributed by atoms with Gasteiger partial charge in [0.15, 0.2) is 11.5 Å². The first-order valence-corrected chi connectivity index (χ1v) is 7.52. The Labute approximate surface area is 137 Å². The monoisotopic (exact) mass is 401 g/mol. The van der Waals surface area contributed by atoms with Crippen molar-refractivity contribution in [3.8, 4) is 11.5 Å². The van der Waals surface area contributed by atoms with Crippen LogP contribution in [-0.2, 0) is 9.63 Å². The highest BCUT2D eigenvalue weighted by Gasteiger charge is 2.22. The van der Waals surface area contributed by atoms with E-state index in [0.717, 1.165) is 9.13 Å². The lowest BCUT2D eigenvalue weighted by atomic mass is 10.1. The van der Waals surface area contributed by atoms with Gasteiger partial charge in [-0.3, -0.25) is 0 Å². The van der Waals surface area contributed by atoms with Gasteiger partial charge in [0.05, 0.1) is 28.1 Å². The van der Waals surface area contributed by atoms with E-state index in [9.17, 15) is 4.79 Å². The number of hydrogen-bond donors (Lipinski definition) is 0. The van der Waals surface area contributed by atoms with Crippen molar-refractivity contribution in [2.24, 2.45) is 5.16 Å². The van der Waals surface area contributed by atoms with Crippen molar-refractivity contribution in [2.75, 3.05) is 7.11 Å². The molecule has 0 unspecified atom stereocenters. The van der Waals surface area contributed by atoms with Crippen molar-refractivity contribution in [1.29, 1.82) is 0 Å². The van der Waals surface area contributed by atoms with Crippen LogP contribution in [0.25, 0.3) is 6.08 Å². The summed E-state index contributed by atoms with van der Waals surface area (Å²) in [5.41, 5.74) is 1.85. The van der Waals surface area contributed by atoms with Gasteiger partial charge in [-0.25, -0.2) is 4.79 Å². The second kappa shape index (κ2) is 6.46. The van der Waals surface area contributed by atoms with Crippen LogP contribution < -0.4 is 9.47 Å². The Morgan fingerprint density at radius 3 is 2.62 bits per heavy atom. The van der Waals surface area contributed by atoms with Crippen molar-refractivity contribution >= 4 is 40.3 Å². The van der Waals surface area contributed by atoms with Crippen molar-refractivity contribution in [3.05, 3.63) is 26.8 Å². The molecule has 1 aliphatic heterocycles. The van der Waals surface area contributed by atoms with Crippen LogP contribution in [0.15, 0.2) is 22.9 Å². The number of halogens is 1. The van der Waals surface area contributed by atoms with Gasteiger partial charge in [0.2, 0.25) is 0 Å². The van der Waals surface area contributed by atoms with Gasteiger partial charge in [0, 0.05) is 0 Å². The number of nitrogens with zero attached hydrogens (tertiary/aromatic N) is 1.